The van der Waals surface area contributed by atoms with E-state index in [0.717, 1.165) is 24.9 Å². The summed E-state index contributed by atoms with van der Waals surface area (Å²) in [5.41, 5.74) is 2.22. The molecule has 4 rings (SSSR count). The summed E-state index contributed by atoms with van der Waals surface area (Å²) in [4.78, 5) is 12.7. The topological polar surface area (TPSA) is 59.6 Å². The Morgan fingerprint density at radius 2 is 1.97 bits per heavy atom. The number of methoxy groups -OCH3 is 1. The van der Waals surface area contributed by atoms with E-state index in [0.29, 0.717) is 35.6 Å². The first-order valence-corrected chi connectivity index (χ1v) is 9.82. The zero-order valence-corrected chi connectivity index (χ0v) is 17.2. The lowest BCUT2D eigenvalue weighted by atomic mass is 9.99. The number of benzene rings is 2. The largest absolute Gasteiger partial charge is 0.493 e. The summed E-state index contributed by atoms with van der Waals surface area (Å²) in [6.45, 7) is 1.39. The molecule has 156 valence electrons. The minimum absolute atomic E-state index is 0. The Hall–Kier alpha value is -2.31. The normalized spacial score (nSPS) is 15.9. The summed E-state index contributed by atoms with van der Waals surface area (Å²) in [6, 6.07) is 8.55. The molecule has 0 unspecified atom stereocenters. The van der Waals surface area contributed by atoms with Crippen LogP contribution in [0.5, 0.6) is 11.5 Å². The standard InChI is InChI=1S/C22H25FN2O3.ClH/c1-27-20-12-14(7-9-19(20)28-16-4-2-3-5-16)22(26)25-18-8-6-15-13-24-11-10-17(15)21(18)23;/h6-9,12,16,24H,2-5,10-11,13H2,1H3,(H,25,26);1H. The fraction of sp³-hybridized carbons (Fsp3) is 0.409. The quantitative estimate of drug-likeness (QED) is 0.749. The van der Waals surface area contributed by atoms with Gasteiger partial charge in [-0.1, -0.05) is 6.07 Å². The van der Waals surface area contributed by atoms with E-state index in [4.69, 9.17) is 9.47 Å². The van der Waals surface area contributed by atoms with E-state index < -0.39 is 0 Å². The maximum absolute atomic E-state index is 14.8. The third kappa shape index (κ3) is 4.65. The molecule has 0 radical (unpaired) electrons. The van der Waals surface area contributed by atoms with Crippen molar-refractivity contribution in [2.24, 2.45) is 0 Å². The van der Waals surface area contributed by atoms with Crippen LogP contribution in [0.2, 0.25) is 0 Å². The van der Waals surface area contributed by atoms with Gasteiger partial charge in [0.25, 0.3) is 5.91 Å². The molecule has 2 aromatic rings. The van der Waals surface area contributed by atoms with Crippen LogP contribution in [0.25, 0.3) is 0 Å². The molecule has 0 saturated heterocycles. The average molecular weight is 421 g/mol. The maximum atomic E-state index is 14.8. The van der Waals surface area contributed by atoms with Gasteiger partial charge in [-0.15, -0.1) is 12.4 Å². The molecule has 1 heterocycles. The number of fused-ring (bicyclic) bond motifs is 1. The number of hydrogen-bond acceptors (Lipinski definition) is 4. The summed E-state index contributed by atoms with van der Waals surface area (Å²) >= 11 is 0. The average Bonchev–Trinajstić information content (AvgIpc) is 3.23. The van der Waals surface area contributed by atoms with E-state index >= 15 is 0 Å². The van der Waals surface area contributed by atoms with E-state index in [1.54, 1.807) is 31.4 Å². The van der Waals surface area contributed by atoms with Crippen LogP contribution < -0.4 is 20.1 Å². The summed E-state index contributed by atoms with van der Waals surface area (Å²) in [7, 11) is 1.55. The Kier molecular flexibility index (Phi) is 6.98. The predicted octanol–water partition coefficient (Wildman–Crippen LogP) is 4.48. The second-order valence-corrected chi connectivity index (χ2v) is 7.34. The number of nitrogens with one attached hydrogen (secondary N) is 2. The summed E-state index contributed by atoms with van der Waals surface area (Å²) in [5.74, 6) is 0.425. The van der Waals surface area contributed by atoms with E-state index in [2.05, 4.69) is 10.6 Å². The van der Waals surface area contributed by atoms with Crippen molar-refractivity contribution in [1.29, 1.82) is 0 Å². The van der Waals surface area contributed by atoms with Gasteiger partial charge >= 0.3 is 0 Å². The number of carbonyl (C=O) groups is 1. The van der Waals surface area contributed by atoms with Gasteiger partial charge in [0.2, 0.25) is 0 Å². The van der Waals surface area contributed by atoms with Crippen molar-refractivity contribution in [3.8, 4) is 11.5 Å². The van der Waals surface area contributed by atoms with E-state index in [1.165, 1.54) is 12.8 Å². The maximum Gasteiger partial charge on any atom is 0.255 e. The first kappa shape index (κ1) is 21.4. The van der Waals surface area contributed by atoms with Gasteiger partial charge in [0.15, 0.2) is 11.5 Å². The summed E-state index contributed by atoms with van der Waals surface area (Å²) < 4.78 is 26.2. The van der Waals surface area contributed by atoms with Gasteiger partial charge in [0.05, 0.1) is 18.9 Å². The second-order valence-electron chi connectivity index (χ2n) is 7.34. The Bertz CT molecular complexity index is 885. The van der Waals surface area contributed by atoms with Gasteiger partial charge in [0.1, 0.15) is 5.82 Å². The number of halogens is 2. The van der Waals surface area contributed by atoms with Gasteiger partial charge < -0.3 is 20.1 Å². The molecule has 2 aliphatic rings. The van der Waals surface area contributed by atoms with E-state index in [1.807, 2.05) is 6.07 Å². The minimum Gasteiger partial charge on any atom is -0.493 e. The van der Waals surface area contributed by atoms with Crippen molar-refractivity contribution in [1.82, 2.24) is 5.32 Å². The molecule has 0 atom stereocenters. The van der Waals surface area contributed by atoms with Crippen molar-refractivity contribution < 1.29 is 18.7 Å². The highest BCUT2D eigenvalue weighted by Gasteiger charge is 2.21. The molecule has 1 amide bonds. The van der Waals surface area contributed by atoms with Crippen LogP contribution in [0.1, 0.15) is 47.2 Å². The molecule has 1 fully saturated rings. The van der Waals surface area contributed by atoms with Crippen molar-refractivity contribution in [3.05, 3.63) is 52.8 Å². The Balaban J connectivity index is 0.00000240. The Morgan fingerprint density at radius 3 is 2.72 bits per heavy atom. The van der Waals surface area contributed by atoms with Crippen LogP contribution in [0, 0.1) is 5.82 Å². The van der Waals surface area contributed by atoms with Crippen LogP contribution in [0.3, 0.4) is 0 Å². The molecule has 5 nitrogen and oxygen atoms in total. The zero-order chi connectivity index (χ0) is 19.5. The highest BCUT2D eigenvalue weighted by molar-refractivity contribution is 6.04. The summed E-state index contributed by atoms with van der Waals surface area (Å²) in [5, 5.41) is 5.91. The first-order valence-electron chi connectivity index (χ1n) is 9.82. The third-order valence-corrected chi connectivity index (χ3v) is 5.48. The lowest BCUT2D eigenvalue weighted by molar-refractivity contribution is 0.102. The number of anilines is 1. The van der Waals surface area contributed by atoms with Crippen molar-refractivity contribution in [2.45, 2.75) is 44.8 Å². The van der Waals surface area contributed by atoms with Gasteiger partial charge in [-0.3, -0.25) is 4.79 Å². The van der Waals surface area contributed by atoms with Gasteiger partial charge in [-0.05, 0) is 74.0 Å². The fourth-order valence-electron chi connectivity index (χ4n) is 3.92. The predicted molar refractivity (Wildman–Crippen MR) is 113 cm³/mol. The lowest BCUT2D eigenvalue weighted by Gasteiger charge is -2.19. The molecular weight excluding hydrogens is 395 g/mol. The molecular formula is C22H26ClFN2O3. The molecule has 7 heteroatoms. The molecule has 29 heavy (non-hydrogen) atoms. The van der Waals surface area contributed by atoms with E-state index in [-0.39, 0.29) is 35.9 Å². The highest BCUT2D eigenvalue weighted by Crippen LogP contribution is 2.33. The SMILES string of the molecule is COc1cc(C(=O)Nc2ccc3c(c2F)CCNC3)ccc1OC1CCCC1.Cl. The molecule has 0 spiro atoms. The zero-order valence-electron chi connectivity index (χ0n) is 16.4. The Morgan fingerprint density at radius 1 is 1.17 bits per heavy atom. The smallest absolute Gasteiger partial charge is 0.255 e. The molecule has 1 saturated carbocycles. The molecule has 2 N–H and O–H groups in total. The molecule has 0 bridgehead atoms. The highest BCUT2D eigenvalue weighted by atomic mass is 35.5. The van der Waals surface area contributed by atoms with Crippen LogP contribution >= 0.6 is 12.4 Å². The first-order chi connectivity index (χ1) is 13.7. The molecule has 1 aliphatic heterocycles. The molecule has 1 aliphatic carbocycles. The van der Waals surface area contributed by atoms with Gasteiger partial charge in [0, 0.05) is 12.1 Å². The van der Waals surface area contributed by atoms with Crippen LogP contribution in [-0.2, 0) is 13.0 Å². The van der Waals surface area contributed by atoms with Crippen LogP contribution in [-0.4, -0.2) is 25.7 Å². The number of carbonyl (C=O) groups excluding carboxylic acids is 1. The minimum atomic E-state index is -0.376. The van der Waals surface area contributed by atoms with Crippen LogP contribution in [0.15, 0.2) is 30.3 Å². The Labute approximate surface area is 176 Å². The van der Waals surface area contributed by atoms with Crippen molar-refractivity contribution in [3.63, 3.8) is 0 Å². The molecule has 0 aromatic heterocycles. The van der Waals surface area contributed by atoms with Crippen molar-refractivity contribution in [2.75, 3.05) is 19.0 Å². The molecule has 2 aromatic carbocycles. The summed E-state index contributed by atoms with van der Waals surface area (Å²) in [6.07, 6.45) is 5.25. The number of ether oxygens (including phenoxy) is 2. The van der Waals surface area contributed by atoms with Crippen molar-refractivity contribution >= 4 is 24.0 Å². The number of hydrogen-bond donors (Lipinski definition) is 2. The fourth-order valence-corrected chi connectivity index (χ4v) is 3.92. The lowest BCUT2D eigenvalue weighted by Crippen LogP contribution is -2.25. The second kappa shape index (κ2) is 9.46. The number of rotatable bonds is 5. The van der Waals surface area contributed by atoms with Gasteiger partial charge in [-0.25, -0.2) is 4.39 Å². The number of amides is 1. The van der Waals surface area contributed by atoms with E-state index in [9.17, 15) is 9.18 Å². The van der Waals surface area contributed by atoms with Gasteiger partial charge in [-0.2, -0.15) is 0 Å². The van der Waals surface area contributed by atoms with Crippen LogP contribution in [0.4, 0.5) is 10.1 Å². The third-order valence-electron chi connectivity index (χ3n) is 5.48. The monoisotopic (exact) mass is 420 g/mol.